The molecule has 0 aliphatic rings. The topological polar surface area (TPSA) is 151 Å². The third-order valence-electron chi connectivity index (χ3n) is 4.78. The molecule has 0 radical (unpaired) electrons. The molecule has 8 nitrogen and oxygen atoms in total. The van der Waals surface area contributed by atoms with E-state index in [1.165, 1.54) is 18.2 Å². The first-order valence-corrected chi connectivity index (χ1v) is 12.0. The molecule has 0 spiro atoms. The van der Waals surface area contributed by atoms with Crippen LogP contribution in [-0.4, -0.2) is 33.9 Å². The molecule has 0 aromatic heterocycles. The SMILES string of the molecule is CC(C)C(NCc1ccccc1)P(=O)(O)CC(C(=O)O)c1cc(N=C(N)N)ccc1Cl. The first-order chi connectivity index (χ1) is 14.5. The summed E-state index contributed by atoms with van der Waals surface area (Å²) in [7, 11) is -3.97. The molecular formula is C21H28ClN4O4P. The van der Waals surface area contributed by atoms with E-state index in [4.69, 9.17) is 23.1 Å². The van der Waals surface area contributed by atoms with Crippen LogP contribution in [0.1, 0.15) is 30.9 Å². The molecule has 0 heterocycles. The van der Waals surface area contributed by atoms with Gasteiger partial charge in [-0.1, -0.05) is 55.8 Å². The lowest BCUT2D eigenvalue weighted by Gasteiger charge is -2.29. The average Bonchev–Trinajstić information content (AvgIpc) is 2.68. The smallest absolute Gasteiger partial charge is 0.311 e. The van der Waals surface area contributed by atoms with Gasteiger partial charge in [-0.15, -0.1) is 0 Å². The molecule has 2 aromatic rings. The number of halogens is 1. The van der Waals surface area contributed by atoms with Crippen molar-refractivity contribution in [3.8, 4) is 0 Å². The summed E-state index contributed by atoms with van der Waals surface area (Å²) in [6, 6.07) is 13.9. The fraction of sp³-hybridized carbons (Fsp3) is 0.333. The second-order valence-electron chi connectivity index (χ2n) is 7.63. The summed E-state index contributed by atoms with van der Waals surface area (Å²) in [6.07, 6.45) is -0.488. The van der Waals surface area contributed by atoms with Crippen molar-refractivity contribution in [1.82, 2.24) is 5.32 Å². The number of nitrogens with one attached hydrogen (secondary N) is 1. The fourth-order valence-electron chi connectivity index (χ4n) is 3.36. The predicted molar refractivity (Wildman–Crippen MR) is 124 cm³/mol. The standard InChI is InChI=1S/C21H28ClN4O4P/c1-13(2)19(25-11-14-6-4-3-5-7-14)31(29,30)12-17(20(27)28)16-10-15(26-21(23)24)8-9-18(16)22/h3-10,13,17,19,25H,11-12H2,1-2H3,(H,27,28)(H,29,30)(H4,23,24,26). The van der Waals surface area contributed by atoms with Crippen molar-refractivity contribution in [2.24, 2.45) is 22.4 Å². The first kappa shape index (κ1) is 24.9. The number of guanidine groups is 1. The van der Waals surface area contributed by atoms with Crippen molar-refractivity contribution in [3.05, 3.63) is 64.7 Å². The zero-order valence-corrected chi connectivity index (χ0v) is 19.1. The molecule has 3 atom stereocenters. The molecule has 0 saturated heterocycles. The number of carbonyl (C=O) groups is 1. The Hall–Kier alpha value is -2.38. The van der Waals surface area contributed by atoms with E-state index in [2.05, 4.69) is 10.3 Å². The van der Waals surface area contributed by atoms with Crippen LogP contribution in [0.5, 0.6) is 0 Å². The van der Waals surface area contributed by atoms with Crippen molar-refractivity contribution in [2.75, 3.05) is 6.16 Å². The number of nitrogens with two attached hydrogens (primary N) is 2. The quantitative estimate of drug-likeness (QED) is 0.204. The number of nitrogens with zero attached hydrogens (tertiary/aromatic N) is 1. The fourth-order valence-corrected chi connectivity index (χ4v) is 6.02. The highest BCUT2D eigenvalue weighted by Crippen LogP contribution is 2.52. The summed E-state index contributed by atoms with van der Waals surface area (Å²) in [5, 5.41) is 13.1. The molecular weight excluding hydrogens is 439 g/mol. The normalized spacial score (nSPS) is 15.1. The van der Waals surface area contributed by atoms with E-state index in [-0.39, 0.29) is 22.5 Å². The third-order valence-corrected chi connectivity index (χ3v) is 7.66. The molecule has 31 heavy (non-hydrogen) atoms. The minimum Gasteiger partial charge on any atom is -0.481 e. The Bertz CT molecular complexity index is 981. The van der Waals surface area contributed by atoms with E-state index in [0.717, 1.165) is 5.56 Å². The van der Waals surface area contributed by atoms with Crippen LogP contribution in [-0.2, 0) is 15.9 Å². The summed E-state index contributed by atoms with van der Waals surface area (Å²) in [6.45, 7) is 4.01. The predicted octanol–water partition coefficient (Wildman–Crippen LogP) is 3.46. The highest BCUT2D eigenvalue weighted by atomic mass is 35.5. The van der Waals surface area contributed by atoms with Gasteiger partial charge in [0.25, 0.3) is 0 Å². The first-order valence-electron chi connectivity index (χ1n) is 9.72. The Balaban J connectivity index is 2.32. The van der Waals surface area contributed by atoms with Crippen molar-refractivity contribution in [3.63, 3.8) is 0 Å². The van der Waals surface area contributed by atoms with Crippen molar-refractivity contribution in [2.45, 2.75) is 32.1 Å². The van der Waals surface area contributed by atoms with Gasteiger partial charge in [-0.05, 0) is 35.2 Å². The molecule has 10 heteroatoms. The van der Waals surface area contributed by atoms with E-state index < -0.39 is 31.2 Å². The monoisotopic (exact) mass is 466 g/mol. The van der Waals surface area contributed by atoms with Gasteiger partial charge in [0, 0.05) is 17.7 Å². The number of rotatable bonds is 10. The number of benzene rings is 2. The minimum atomic E-state index is -3.97. The highest BCUT2D eigenvalue weighted by molar-refractivity contribution is 7.58. The van der Waals surface area contributed by atoms with Gasteiger partial charge < -0.3 is 26.8 Å². The number of aliphatic imine (C=N–C) groups is 1. The summed E-state index contributed by atoms with van der Waals surface area (Å²) in [4.78, 5) is 26.9. The van der Waals surface area contributed by atoms with Gasteiger partial charge >= 0.3 is 5.97 Å². The molecule has 0 aliphatic heterocycles. The number of carboxylic acids is 1. The molecule has 0 aliphatic carbocycles. The lowest BCUT2D eigenvalue weighted by Crippen LogP contribution is -2.35. The Morgan fingerprint density at radius 3 is 2.39 bits per heavy atom. The molecule has 7 N–H and O–H groups in total. The van der Waals surface area contributed by atoms with E-state index in [0.29, 0.717) is 12.2 Å². The van der Waals surface area contributed by atoms with Crippen molar-refractivity contribution in [1.29, 1.82) is 0 Å². The highest BCUT2D eigenvalue weighted by Gasteiger charge is 2.39. The summed E-state index contributed by atoms with van der Waals surface area (Å²) >= 11 is 6.22. The number of hydrogen-bond donors (Lipinski definition) is 5. The van der Waals surface area contributed by atoms with Gasteiger partial charge in [0.1, 0.15) is 0 Å². The molecule has 0 fully saturated rings. The van der Waals surface area contributed by atoms with E-state index in [9.17, 15) is 19.4 Å². The Morgan fingerprint density at radius 1 is 1.19 bits per heavy atom. The van der Waals surface area contributed by atoms with Crippen LogP contribution in [0.4, 0.5) is 5.69 Å². The maximum absolute atomic E-state index is 13.4. The van der Waals surface area contributed by atoms with E-state index in [1.807, 2.05) is 44.2 Å². The molecule has 0 amide bonds. The van der Waals surface area contributed by atoms with Crippen LogP contribution in [0.2, 0.25) is 5.02 Å². The maximum atomic E-state index is 13.4. The number of carboxylic acid groups (broad SMARTS) is 1. The molecule has 3 unspecified atom stereocenters. The van der Waals surface area contributed by atoms with Crippen LogP contribution in [0, 0.1) is 5.92 Å². The van der Waals surface area contributed by atoms with Crippen LogP contribution < -0.4 is 16.8 Å². The van der Waals surface area contributed by atoms with Crippen LogP contribution in [0.3, 0.4) is 0 Å². The molecule has 0 bridgehead atoms. The second kappa shape index (κ2) is 10.8. The summed E-state index contributed by atoms with van der Waals surface area (Å²) < 4.78 is 13.4. The summed E-state index contributed by atoms with van der Waals surface area (Å²) in [5.41, 5.74) is 12.2. The lowest BCUT2D eigenvalue weighted by molar-refractivity contribution is -0.138. The van der Waals surface area contributed by atoms with Crippen LogP contribution in [0.15, 0.2) is 53.5 Å². The molecule has 0 saturated carbocycles. The average molecular weight is 467 g/mol. The second-order valence-corrected chi connectivity index (χ2v) is 10.5. The number of aliphatic carboxylic acids is 1. The number of hydrogen-bond acceptors (Lipinski definition) is 4. The van der Waals surface area contributed by atoms with E-state index in [1.54, 1.807) is 0 Å². The van der Waals surface area contributed by atoms with Crippen molar-refractivity contribution >= 4 is 36.6 Å². The van der Waals surface area contributed by atoms with Gasteiger partial charge in [0.05, 0.1) is 17.4 Å². The Morgan fingerprint density at radius 2 is 1.84 bits per heavy atom. The van der Waals surface area contributed by atoms with Crippen LogP contribution in [0.25, 0.3) is 0 Å². The Kier molecular flexibility index (Phi) is 8.65. The zero-order valence-electron chi connectivity index (χ0n) is 17.4. The summed E-state index contributed by atoms with van der Waals surface area (Å²) in [5.74, 6) is -3.77. The minimum absolute atomic E-state index is 0.153. The van der Waals surface area contributed by atoms with Gasteiger partial charge in [-0.25, -0.2) is 4.99 Å². The van der Waals surface area contributed by atoms with Gasteiger partial charge in [-0.2, -0.15) is 0 Å². The maximum Gasteiger partial charge on any atom is 0.311 e. The molecule has 2 rings (SSSR count). The van der Waals surface area contributed by atoms with Crippen molar-refractivity contribution < 1.29 is 19.4 Å². The van der Waals surface area contributed by atoms with E-state index >= 15 is 0 Å². The van der Waals surface area contributed by atoms with Gasteiger partial charge in [-0.3, -0.25) is 9.36 Å². The van der Waals surface area contributed by atoms with Gasteiger partial charge in [0.2, 0.25) is 7.37 Å². The zero-order chi connectivity index (χ0) is 23.2. The third kappa shape index (κ3) is 7.08. The largest absolute Gasteiger partial charge is 0.481 e. The van der Waals surface area contributed by atoms with Gasteiger partial charge in [0.15, 0.2) is 5.96 Å². The Labute approximate surface area is 186 Å². The molecule has 2 aromatic carbocycles. The lowest BCUT2D eigenvalue weighted by atomic mass is 10.0. The molecule has 168 valence electrons. The van der Waals surface area contributed by atoms with Crippen LogP contribution >= 0.6 is 19.0 Å².